The molecule has 1 aliphatic rings. The molecule has 0 spiro atoms. The van der Waals surface area contributed by atoms with E-state index in [1.807, 2.05) is 25.1 Å². The van der Waals surface area contributed by atoms with Gasteiger partial charge in [0.1, 0.15) is 0 Å². The first-order valence-electron chi connectivity index (χ1n) is 6.85. The van der Waals surface area contributed by atoms with Crippen molar-refractivity contribution in [1.82, 2.24) is 5.32 Å². The molecule has 0 atom stereocenters. The second kappa shape index (κ2) is 5.84. The summed E-state index contributed by atoms with van der Waals surface area (Å²) in [6.07, 6.45) is 5.22. The van der Waals surface area contributed by atoms with E-state index in [2.05, 4.69) is 24.0 Å². The van der Waals surface area contributed by atoms with Crippen molar-refractivity contribution in [1.29, 1.82) is 0 Å². The molecular weight excluding hydrogens is 270 g/mol. The zero-order chi connectivity index (χ0) is 14.8. The quantitative estimate of drug-likeness (QED) is 0.820. The monoisotopic (exact) mass is 289 g/mol. The molecule has 0 unspecified atom stereocenters. The Hall–Kier alpha value is -1.54. The molecule has 2 rings (SSSR count). The maximum atomic E-state index is 11.5. The summed E-state index contributed by atoms with van der Waals surface area (Å²) in [4.78, 5) is 11.5. The zero-order valence-corrected chi connectivity index (χ0v) is 12.8. The van der Waals surface area contributed by atoms with E-state index in [4.69, 9.17) is 11.6 Å². The normalized spacial score (nSPS) is 17.2. The Bertz CT molecular complexity index is 553. The number of halogens is 1. The lowest BCUT2D eigenvalue weighted by Gasteiger charge is -2.44. The smallest absolute Gasteiger partial charge is 0.221 e. The summed E-state index contributed by atoms with van der Waals surface area (Å²) >= 11 is 5.97. The van der Waals surface area contributed by atoms with Crippen LogP contribution >= 0.6 is 11.6 Å². The van der Waals surface area contributed by atoms with Gasteiger partial charge >= 0.3 is 0 Å². The van der Waals surface area contributed by atoms with Gasteiger partial charge in [-0.25, -0.2) is 0 Å². The minimum atomic E-state index is -0.102. The van der Waals surface area contributed by atoms with Gasteiger partial charge in [-0.15, -0.1) is 0 Å². The van der Waals surface area contributed by atoms with E-state index in [1.165, 1.54) is 5.56 Å². The highest BCUT2D eigenvalue weighted by Gasteiger charge is 2.42. The average molecular weight is 290 g/mol. The van der Waals surface area contributed by atoms with Gasteiger partial charge in [0, 0.05) is 23.1 Å². The van der Waals surface area contributed by atoms with Crippen molar-refractivity contribution in [3.05, 3.63) is 58.8 Å². The van der Waals surface area contributed by atoms with E-state index in [9.17, 15) is 4.79 Å². The van der Waals surface area contributed by atoms with Gasteiger partial charge in [-0.05, 0) is 43.5 Å². The number of allylic oxidation sites excluding steroid dienone is 3. The van der Waals surface area contributed by atoms with Gasteiger partial charge in [0.15, 0.2) is 0 Å². The summed E-state index contributed by atoms with van der Waals surface area (Å²) in [6, 6.07) is 7.91. The summed E-state index contributed by atoms with van der Waals surface area (Å²) < 4.78 is 0. The molecule has 1 N–H and O–H groups in total. The predicted molar refractivity (Wildman–Crippen MR) is 83.7 cm³/mol. The topological polar surface area (TPSA) is 29.1 Å². The molecule has 0 aromatic heterocycles. The largest absolute Gasteiger partial charge is 0.329 e. The van der Waals surface area contributed by atoms with Gasteiger partial charge in [0.2, 0.25) is 5.91 Å². The van der Waals surface area contributed by atoms with E-state index < -0.39 is 0 Å². The van der Waals surface area contributed by atoms with Crippen LogP contribution in [-0.4, -0.2) is 5.91 Å². The van der Waals surface area contributed by atoms with Crippen LogP contribution in [0.25, 0.3) is 0 Å². The van der Waals surface area contributed by atoms with Crippen molar-refractivity contribution < 1.29 is 4.79 Å². The molecule has 1 saturated carbocycles. The molecule has 20 heavy (non-hydrogen) atoms. The maximum Gasteiger partial charge on any atom is 0.221 e. The van der Waals surface area contributed by atoms with Crippen LogP contribution in [0, 0.1) is 0 Å². The van der Waals surface area contributed by atoms with E-state index in [0.29, 0.717) is 0 Å². The van der Waals surface area contributed by atoms with E-state index >= 15 is 0 Å². The van der Waals surface area contributed by atoms with Crippen molar-refractivity contribution in [2.45, 2.75) is 38.5 Å². The number of rotatable bonds is 4. The van der Waals surface area contributed by atoms with Crippen molar-refractivity contribution >= 4 is 17.5 Å². The van der Waals surface area contributed by atoms with Gasteiger partial charge in [0.05, 0.1) is 0 Å². The molecule has 1 aromatic carbocycles. The van der Waals surface area contributed by atoms with Crippen LogP contribution in [-0.2, 0) is 10.2 Å². The third-order valence-electron chi connectivity index (χ3n) is 3.82. The fourth-order valence-electron chi connectivity index (χ4n) is 2.74. The molecule has 1 amide bonds. The lowest BCUT2D eigenvalue weighted by atomic mass is 9.62. The Morgan fingerprint density at radius 3 is 2.30 bits per heavy atom. The molecule has 1 aromatic rings. The number of benzene rings is 1. The molecule has 0 bridgehead atoms. The predicted octanol–water partition coefficient (Wildman–Crippen LogP) is 4.36. The van der Waals surface area contributed by atoms with Gasteiger partial charge in [-0.1, -0.05) is 42.3 Å². The first-order chi connectivity index (χ1) is 9.44. The fourth-order valence-corrected chi connectivity index (χ4v) is 2.87. The van der Waals surface area contributed by atoms with Crippen molar-refractivity contribution in [3.8, 4) is 0 Å². The summed E-state index contributed by atoms with van der Waals surface area (Å²) in [5.41, 5.74) is 2.99. The fraction of sp³-hybridized carbons (Fsp3) is 0.353. The lowest BCUT2D eigenvalue weighted by Crippen LogP contribution is -2.43. The zero-order valence-electron chi connectivity index (χ0n) is 12.0. The highest BCUT2D eigenvalue weighted by molar-refractivity contribution is 6.30. The Kier molecular flexibility index (Phi) is 4.34. The Balaban J connectivity index is 2.43. The summed E-state index contributed by atoms with van der Waals surface area (Å²) in [7, 11) is 0. The number of nitrogens with one attached hydrogen (secondary N) is 1. The lowest BCUT2D eigenvalue weighted by molar-refractivity contribution is -0.118. The summed E-state index contributed by atoms with van der Waals surface area (Å²) in [6.45, 7) is 7.42. The highest BCUT2D eigenvalue weighted by Crippen LogP contribution is 2.48. The second-order valence-electron chi connectivity index (χ2n) is 5.53. The molecular formula is C17H20ClNO. The molecule has 106 valence electrons. The number of carbonyl (C=O) groups excluding carboxylic acids is 1. The minimum absolute atomic E-state index is 0.0438. The molecule has 3 heteroatoms. The van der Waals surface area contributed by atoms with Crippen molar-refractivity contribution in [2.24, 2.45) is 0 Å². The molecule has 2 nitrogen and oxygen atoms in total. The second-order valence-corrected chi connectivity index (χ2v) is 5.96. The van der Waals surface area contributed by atoms with Crippen LogP contribution in [0.3, 0.4) is 0 Å². The average Bonchev–Trinajstić information content (AvgIpc) is 2.28. The van der Waals surface area contributed by atoms with Crippen LogP contribution in [0.5, 0.6) is 0 Å². The third kappa shape index (κ3) is 2.96. The van der Waals surface area contributed by atoms with Crippen LogP contribution in [0.15, 0.2) is 48.2 Å². The molecule has 0 radical (unpaired) electrons. The summed E-state index contributed by atoms with van der Waals surface area (Å²) in [5.74, 6) is -0.0438. The number of hydrogen-bond acceptors (Lipinski definition) is 1. The number of hydrogen-bond donors (Lipinski definition) is 1. The van der Waals surface area contributed by atoms with Gasteiger partial charge < -0.3 is 5.32 Å². The number of amides is 1. The standard InChI is InChI=1S/C17H20ClNO/c1-12(2)11-16(19-13(3)20)17(9-4-10-17)14-5-7-15(18)8-6-14/h5-8,11H,1,4,9-10H2,2-3H3,(H,19,20)/b16-11-. The molecule has 0 saturated heterocycles. The maximum absolute atomic E-state index is 11.5. The molecule has 0 heterocycles. The Labute approximate surface area is 125 Å². The first kappa shape index (κ1) is 14.9. The van der Waals surface area contributed by atoms with Gasteiger partial charge in [-0.3, -0.25) is 4.79 Å². The SMILES string of the molecule is C=C(C)/C=C(\NC(C)=O)C1(c2ccc(Cl)cc2)CCC1. The molecule has 1 aliphatic carbocycles. The van der Waals surface area contributed by atoms with E-state index in [0.717, 1.165) is 35.6 Å². The number of carbonyl (C=O) groups is 1. The van der Waals surface area contributed by atoms with Crippen molar-refractivity contribution in [2.75, 3.05) is 0 Å². The van der Waals surface area contributed by atoms with Crippen LogP contribution in [0.1, 0.15) is 38.7 Å². The van der Waals surface area contributed by atoms with Crippen LogP contribution in [0.4, 0.5) is 0 Å². The van der Waals surface area contributed by atoms with E-state index in [1.54, 1.807) is 6.92 Å². The highest BCUT2D eigenvalue weighted by atomic mass is 35.5. The van der Waals surface area contributed by atoms with Gasteiger partial charge in [-0.2, -0.15) is 0 Å². The minimum Gasteiger partial charge on any atom is -0.329 e. The van der Waals surface area contributed by atoms with Gasteiger partial charge in [0.25, 0.3) is 0 Å². The van der Waals surface area contributed by atoms with Crippen LogP contribution in [0.2, 0.25) is 5.02 Å². The Morgan fingerprint density at radius 2 is 1.90 bits per heavy atom. The third-order valence-corrected chi connectivity index (χ3v) is 4.07. The van der Waals surface area contributed by atoms with Crippen LogP contribution < -0.4 is 5.32 Å². The molecule has 0 aliphatic heterocycles. The van der Waals surface area contributed by atoms with Crippen molar-refractivity contribution in [3.63, 3.8) is 0 Å². The Morgan fingerprint density at radius 1 is 1.30 bits per heavy atom. The summed E-state index contributed by atoms with van der Waals surface area (Å²) in [5, 5.41) is 3.73. The first-order valence-corrected chi connectivity index (χ1v) is 7.23. The van der Waals surface area contributed by atoms with E-state index in [-0.39, 0.29) is 11.3 Å². The molecule has 1 fully saturated rings.